The van der Waals surface area contributed by atoms with Gasteiger partial charge in [-0.05, 0) is 62.9 Å². The highest BCUT2D eigenvalue weighted by Gasteiger charge is 2.40. The molecule has 1 aliphatic heterocycles. The second-order valence-electron chi connectivity index (χ2n) is 9.51. The van der Waals surface area contributed by atoms with Gasteiger partial charge in [-0.1, -0.05) is 42.8 Å². The highest BCUT2D eigenvalue weighted by molar-refractivity contribution is 7.90. The summed E-state index contributed by atoms with van der Waals surface area (Å²) in [6, 6.07) is 15.9. The van der Waals surface area contributed by atoms with E-state index in [0.29, 0.717) is 24.1 Å². The van der Waals surface area contributed by atoms with Crippen LogP contribution in [0.15, 0.2) is 65.8 Å². The maximum absolute atomic E-state index is 13.1. The second kappa shape index (κ2) is 9.65. The van der Waals surface area contributed by atoms with Gasteiger partial charge in [-0.25, -0.2) is 14.7 Å². The molecule has 1 aliphatic rings. The molecule has 4 rings (SSSR count). The largest absolute Gasteiger partial charge is 0.366 e. The van der Waals surface area contributed by atoms with Crippen LogP contribution < -0.4 is 14.9 Å². The molecule has 8 nitrogen and oxygen atoms in total. The Labute approximate surface area is 206 Å². The average Bonchev–Trinajstić information content (AvgIpc) is 3.09. The van der Waals surface area contributed by atoms with Gasteiger partial charge in [0.25, 0.3) is 15.9 Å². The maximum atomic E-state index is 13.1. The van der Waals surface area contributed by atoms with Crippen LogP contribution in [0, 0.1) is 12.8 Å². The standard InChI is InChI=1S/C26H31N5O3S/c1-18-8-5-9-20(16-18)17-28-22-11-6-12-23(29-22)35(33,34)30-25(32)21-10-7-14-27-24(21)31-15-13-19(2)26(31,3)4/h5-12,14,16,19H,13,15,17H2,1-4H3,(H,28,29)(H,30,32). The van der Waals surface area contributed by atoms with Crippen LogP contribution in [0.25, 0.3) is 0 Å². The normalized spacial score (nSPS) is 17.3. The van der Waals surface area contributed by atoms with Crippen LogP contribution in [0.1, 0.15) is 48.7 Å². The van der Waals surface area contributed by atoms with Crippen LogP contribution in [0.2, 0.25) is 0 Å². The number of aromatic nitrogens is 2. The van der Waals surface area contributed by atoms with E-state index in [1.165, 1.54) is 6.07 Å². The molecule has 184 valence electrons. The first-order valence-electron chi connectivity index (χ1n) is 11.6. The molecule has 1 unspecified atom stereocenters. The molecule has 1 saturated heterocycles. The van der Waals surface area contributed by atoms with E-state index in [9.17, 15) is 13.2 Å². The Morgan fingerprint density at radius 2 is 1.91 bits per heavy atom. The lowest BCUT2D eigenvalue weighted by Gasteiger charge is -2.36. The molecule has 35 heavy (non-hydrogen) atoms. The molecule has 0 saturated carbocycles. The minimum Gasteiger partial charge on any atom is -0.366 e. The monoisotopic (exact) mass is 493 g/mol. The molecule has 1 fully saturated rings. The van der Waals surface area contributed by atoms with E-state index >= 15 is 0 Å². The van der Waals surface area contributed by atoms with Crippen molar-refractivity contribution in [1.82, 2.24) is 14.7 Å². The lowest BCUT2D eigenvalue weighted by Crippen LogP contribution is -2.43. The number of pyridine rings is 2. The molecule has 0 aliphatic carbocycles. The van der Waals surface area contributed by atoms with Gasteiger partial charge in [-0.2, -0.15) is 8.42 Å². The highest BCUT2D eigenvalue weighted by atomic mass is 32.2. The lowest BCUT2D eigenvalue weighted by molar-refractivity contribution is 0.0981. The number of nitrogens with zero attached hydrogens (tertiary/aromatic N) is 3. The molecular weight excluding hydrogens is 462 g/mol. The first-order valence-corrected chi connectivity index (χ1v) is 13.1. The predicted molar refractivity (Wildman–Crippen MR) is 137 cm³/mol. The van der Waals surface area contributed by atoms with Crippen LogP contribution in [0.5, 0.6) is 0 Å². The first-order chi connectivity index (χ1) is 16.6. The molecule has 2 N–H and O–H groups in total. The quantitative estimate of drug-likeness (QED) is 0.510. The molecule has 0 radical (unpaired) electrons. The topological polar surface area (TPSA) is 104 Å². The van der Waals surface area contributed by atoms with Crippen molar-refractivity contribution >= 4 is 27.6 Å². The van der Waals surface area contributed by atoms with Crippen LogP contribution in [-0.4, -0.2) is 36.4 Å². The van der Waals surface area contributed by atoms with Crippen molar-refractivity contribution < 1.29 is 13.2 Å². The number of rotatable bonds is 7. The number of hydrogen-bond acceptors (Lipinski definition) is 7. The average molecular weight is 494 g/mol. The summed E-state index contributed by atoms with van der Waals surface area (Å²) >= 11 is 0. The summed E-state index contributed by atoms with van der Waals surface area (Å²) in [5, 5.41) is 2.90. The highest BCUT2D eigenvalue weighted by Crippen LogP contribution is 2.38. The minimum atomic E-state index is -4.20. The zero-order valence-electron chi connectivity index (χ0n) is 20.4. The van der Waals surface area contributed by atoms with Crippen molar-refractivity contribution in [2.75, 3.05) is 16.8 Å². The number of hydrogen-bond donors (Lipinski definition) is 2. The number of amides is 1. The summed E-state index contributed by atoms with van der Waals surface area (Å²) in [5.41, 5.74) is 2.20. The SMILES string of the molecule is Cc1cccc(CNc2cccc(S(=O)(=O)NC(=O)c3cccnc3N3CCC(C)C3(C)C)n2)c1. The zero-order valence-corrected chi connectivity index (χ0v) is 21.3. The van der Waals surface area contributed by atoms with Crippen molar-refractivity contribution in [3.8, 4) is 0 Å². The Hall–Kier alpha value is -3.46. The zero-order chi connectivity index (χ0) is 25.2. The van der Waals surface area contributed by atoms with E-state index in [4.69, 9.17) is 0 Å². The van der Waals surface area contributed by atoms with E-state index in [1.54, 1.807) is 30.5 Å². The fourth-order valence-electron chi connectivity index (χ4n) is 4.31. The second-order valence-corrected chi connectivity index (χ2v) is 11.1. The van der Waals surface area contributed by atoms with Crippen molar-refractivity contribution in [3.63, 3.8) is 0 Å². The fraction of sp³-hybridized carbons (Fsp3) is 0.346. The van der Waals surface area contributed by atoms with E-state index in [1.807, 2.05) is 31.2 Å². The summed E-state index contributed by atoms with van der Waals surface area (Å²) in [6.45, 7) is 9.63. The van der Waals surface area contributed by atoms with Gasteiger partial charge < -0.3 is 10.2 Å². The third-order valence-electron chi connectivity index (χ3n) is 6.76. The molecule has 1 atom stereocenters. The number of sulfonamides is 1. The van der Waals surface area contributed by atoms with Gasteiger partial charge >= 0.3 is 0 Å². The number of nitrogens with one attached hydrogen (secondary N) is 2. The molecule has 1 amide bonds. The number of benzene rings is 1. The summed E-state index contributed by atoms with van der Waals surface area (Å²) < 4.78 is 28.3. The molecular formula is C26H31N5O3S. The Kier molecular flexibility index (Phi) is 6.80. The van der Waals surface area contributed by atoms with Gasteiger partial charge in [0.2, 0.25) is 0 Å². The summed E-state index contributed by atoms with van der Waals surface area (Å²) in [6.07, 6.45) is 2.58. The third-order valence-corrected chi connectivity index (χ3v) is 7.99. The van der Waals surface area contributed by atoms with Gasteiger partial charge in [-0.3, -0.25) is 4.79 Å². The van der Waals surface area contributed by atoms with Gasteiger partial charge in [0, 0.05) is 24.8 Å². The smallest absolute Gasteiger partial charge is 0.281 e. The van der Waals surface area contributed by atoms with E-state index in [0.717, 1.165) is 24.1 Å². The van der Waals surface area contributed by atoms with Gasteiger partial charge in [0.05, 0.1) is 5.56 Å². The molecule has 3 heterocycles. The summed E-state index contributed by atoms with van der Waals surface area (Å²) in [7, 11) is -4.20. The Bertz CT molecular complexity index is 1340. The van der Waals surface area contributed by atoms with Crippen molar-refractivity contribution in [2.24, 2.45) is 5.92 Å². The fourth-order valence-corrected chi connectivity index (χ4v) is 5.24. The van der Waals surface area contributed by atoms with E-state index in [-0.39, 0.29) is 16.1 Å². The Morgan fingerprint density at radius 1 is 1.14 bits per heavy atom. The van der Waals surface area contributed by atoms with Crippen LogP contribution >= 0.6 is 0 Å². The number of carbonyl (C=O) groups is 1. The molecule has 0 spiro atoms. The predicted octanol–water partition coefficient (Wildman–Crippen LogP) is 4.14. The molecule has 9 heteroatoms. The van der Waals surface area contributed by atoms with Gasteiger partial charge in [0.1, 0.15) is 11.6 Å². The molecule has 1 aromatic carbocycles. The van der Waals surface area contributed by atoms with Gasteiger partial charge in [-0.15, -0.1) is 0 Å². The van der Waals surface area contributed by atoms with Crippen molar-refractivity contribution in [2.45, 2.75) is 51.2 Å². The number of anilines is 2. The molecule has 0 bridgehead atoms. The number of aryl methyl sites for hydroxylation is 1. The van der Waals surface area contributed by atoms with Gasteiger partial charge in [0.15, 0.2) is 5.03 Å². The van der Waals surface area contributed by atoms with Crippen LogP contribution in [0.3, 0.4) is 0 Å². The van der Waals surface area contributed by atoms with Crippen LogP contribution in [-0.2, 0) is 16.6 Å². The first kappa shape index (κ1) is 24.7. The molecule has 3 aromatic rings. The minimum absolute atomic E-state index is 0.207. The maximum Gasteiger partial charge on any atom is 0.281 e. The summed E-state index contributed by atoms with van der Waals surface area (Å²) in [4.78, 5) is 23.9. The van der Waals surface area contributed by atoms with Crippen molar-refractivity contribution in [1.29, 1.82) is 0 Å². The van der Waals surface area contributed by atoms with E-state index < -0.39 is 15.9 Å². The third kappa shape index (κ3) is 5.30. The van der Waals surface area contributed by atoms with E-state index in [2.05, 4.69) is 45.7 Å². The molecule has 2 aromatic heterocycles. The Morgan fingerprint density at radius 3 is 2.63 bits per heavy atom. The summed E-state index contributed by atoms with van der Waals surface area (Å²) in [5.74, 6) is 0.555. The Balaban J connectivity index is 1.52. The lowest BCUT2D eigenvalue weighted by atomic mass is 9.90. The van der Waals surface area contributed by atoms with Crippen molar-refractivity contribution in [3.05, 3.63) is 77.5 Å². The number of carbonyl (C=O) groups excluding carboxylic acids is 1. The van der Waals surface area contributed by atoms with Crippen LogP contribution in [0.4, 0.5) is 11.6 Å².